The summed E-state index contributed by atoms with van der Waals surface area (Å²) in [5.74, 6) is 0.853. The van der Waals surface area contributed by atoms with Crippen LogP contribution in [0.1, 0.15) is 18.9 Å². The second-order valence-corrected chi connectivity index (χ2v) is 8.19. The quantitative estimate of drug-likeness (QED) is 0.883. The molecular weight excluding hydrogens is 328 g/mol. The molecule has 1 aliphatic rings. The van der Waals surface area contributed by atoms with Crippen LogP contribution in [0.15, 0.2) is 22.9 Å². The summed E-state index contributed by atoms with van der Waals surface area (Å²) in [5.41, 5.74) is 1.13. The van der Waals surface area contributed by atoms with Gasteiger partial charge in [-0.3, -0.25) is 4.98 Å². The van der Waals surface area contributed by atoms with Crippen LogP contribution in [0.4, 0.5) is 0 Å². The van der Waals surface area contributed by atoms with Gasteiger partial charge in [0.1, 0.15) is 0 Å². The highest BCUT2D eigenvalue weighted by atomic mass is 79.9. The lowest BCUT2D eigenvalue weighted by Gasteiger charge is -2.23. The van der Waals surface area contributed by atoms with Gasteiger partial charge in [0.2, 0.25) is 0 Å². The number of halogens is 1. The van der Waals surface area contributed by atoms with E-state index in [1.165, 1.54) is 0 Å². The molecule has 0 spiro atoms. The molecule has 1 fully saturated rings. The predicted octanol–water partition coefficient (Wildman–Crippen LogP) is 1.80. The third-order valence-corrected chi connectivity index (χ3v) is 5.75. The standard InChI is InChI=1S/C13H19BrN2O2S/c1-2-16-13(11-3-4-19(17,18)9-11)6-10-5-12(14)8-15-7-10/h5,7-8,11,13,16H,2-4,6,9H2,1H3. The van der Waals surface area contributed by atoms with Crippen molar-refractivity contribution in [3.05, 3.63) is 28.5 Å². The van der Waals surface area contributed by atoms with Crippen LogP contribution < -0.4 is 5.32 Å². The van der Waals surface area contributed by atoms with E-state index < -0.39 is 9.84 Å². The van der Waals surface area contributed by atoms with Crippen LogP contribution in [0.5, 0.6) is 0 Å². The van der Waals surface area contributed by atoms with Crippen LogP contribution in [0.25, 0.3) is 0 Å². The first-order valence-electron chi connectivity index (χ1n) is 6.53. The van der Waals surface area contributed by atoms with Gasteiger partial charge < -0.3 is 5.32 Å². The molecule has 1 N–H and O–H groups in total. The molecular formula is C13H19BrN2O2S. The Balaban J connectivity index is 2.08. The van der Waals surface area contributed by atoms with Gasteiger partial charge in [0.05, 0.1) is 11.5 Å². The van der Waals surface area contributed by atoms with Crippen LogP contribution in [-0.4, -0.2) is 37.5 Å². The van der Waals surface area contributed by atoms with Crippen molar-refractivity contribution in [2.75, 3.05) is 18.1 Å². The topological polar surface area (TPSA) is 59.1 Å². The van der Waals surface area contributed by atoms with Crippen LogP contribution in [0.3, 0.4) is 0 Å². The van der Waals surface area contributed by atoms with Gasteiger partial charge in [-0.25, -0.2) is 8.42 Å². The minimum absolute atomic E-state index is 0.207. The summed E-state index contributed by atoms with van der Waals surface area (Å²) < 4.78 is 24.2. The van der Waals surface area contributed by atoms with Crippen LogP contribution in [0, 0.1) is 5.92 Å². The summed E-state index contributed by atoms with van der Waals surface area (Å²) >= 11 is 3.41. The fraction of sp³-hybridized carbons (Fsp3) is 0.615. The van der Waals surface area contributed by atoms with Crippen molar-refractivity contribution in [2.45, 2.75) is 25.8 Å². The van der Waals surface area contributed by atoms with E-state index in [0.717, 1.165) is 29.4 Å². The molecule has 19 heavy (non-hydrogen) atoms. The Morgan fingerprint density at radius 1 is 1.53 bits per heavy atom. The largest absolute Gasteiger partial charge is 0.314 e. The molecule has 1 aliphatic heterocycles. The number of aromatic nitrogens is 1. The molecule has 0 saturated carbocycles. The summed E-state index contributed by atoms with van der Waals surface area (Å²) in [4.78, 5) is 4.16. The van der Waals surface area contributed by atoms with E-state index >= 15 is 0 Å². The molecule has 4 nitrogen and oxygen atoms in total. The SMILES string of the molecule is CCNC(Cc1cncc(Br)c1)C1CCS(=O)(=O)C1. The summed E-state index contributed by atoms with van der Waals surface area (Å²) in [6.45, 7) is 2.90. The maximum atomic E-state index is 11.6. The van der Waals surface area contributed by atoms with Gasteiger partial charge in [-0.2, -0.15) is 0 Å². The van der Waals surface area contributed by atoms with E-state index in [9.17, 15) is 8.42 Å². The number of pyridine rings is 1. The fourth-order valence-electron chi connectivity index (χ4n) is 2.63. The third-order valence-electron chi connectivity index (χ3n) is 3.52. The second-order valence-electron chi connectivity index (χ2n) is 5.04. The van der Waals surface area contributed by atoms with Crippen molar-refractivity contribution < 1.29 is 8.42 Å². The highest BCUT2D eigenvalue weighted by molar-refractivity contribution is 9.10. The van der Waals surface area contributed by atoms with Crippen molar-refractivity contribution >= 4 is 25.8 Å². The first kappa shape index (κ1) is 14.9. The molecule has 0 bridgehead atoms. The van der Waals surface area contributed by atoms with E-state index in [2.05, 4.69) is 33.2 Å². The van der Waals surface area contributed by atoms with Gasteiger partial charge in [-0.15, -0.1) is 0 Å². The minimum atomic E-state index is -2.82. The maximum absolute atomic E-state index is 11.6. The first-order chi connectivity index (χ1) is 9.00. The van der Waals surface area contributed by atoms with Gasteiger partial charge in [0.25, 0.3) is 0 Å². The highest BCUT2D eigenvalue weighted by Crippen LogP contribution is 2.24. The molecule has 0 aliphatic carbocycles. The predicted molar refractivity (Wildman–Crippen MR) is 79.9 cm³/mol. The van der Waals surface area contributed by atoms with Crippen LogP contribution in [-0.2, 0) is 16.3 Å². The molecule has 0 aromatic carbocycles. The number of sulfone groups is 1. The van der Waals surface area contributed by atoms with Crippen molar-refractivity contribution in [1.29, 1.82) is 0 Å². The molecule has 1 aromatic rings. The fourth-order valence-corrected chi connectivity index (χ4v) is 4.92. The van der Waals surface area contributed by atoms with Crippen molar-refractivity contribution in [3.8, 4) is 0 Å². The Hall–Kier alpha value is -0.460. The van der Waals surface area contributed by atoms with Gasteiger partial charge in [-0.1, -0.05) is 6.92 Å². The minimum Gasteiger partial charge on any atom is -0.314 e. The Morgan fingerprint density at radius 2 is 2.32 bits per heavy atom. The second kappa shape index (κ2) is 6.33. The molecule has 1 aromatic heterocycles. The van der Waals surface area contributed by atoms with E-state index in [4.69, 9.17) is 0 Å². The van der Waals surface area contributed by atoms with Gasteiger partial charge in [0, 0.05) is 22.9 Å². The number of hydrogen-bond acceptors (Lipinski definition) is 4. The zero-order chi connectivity index (χ0) is 13.9. The number of likely N-dealkylation sites (N-methyl/N-ethyl adjacent to an activating group) is 1. The molecule has 2 unspecified atom stereocenters. The Labute approximate surface area is 123 Å². The number of rotatable bonds is 5. The van der Waals surface area contributed by atoms with E-state index in [1.807, 2.05) is 12.3 Å². The lowest BCUT2D eigenvalue weighted by atomic mass is 9.93. The van der Waals surface area contributed by atoms with E-state index in [1.54, 1.807) is 6.20 Å². The van der Waals surface area contributed by atoms with Gasteiger partial charge in [0.15, 0.2) is 9.84 Å². The first-order valence-corrected chi connectivity index (χ1v) is 9.15. The van der Waals surface area contributed by atoms with Crippen LogP contribution >= 0.6 is 15.9 Å². The summed E-state index contributed by atoms with van der Waals surface area (Å²) in [6, 6.07) is 2.25. The summed E-state index contributed by atoms with van der Waals surface area (Å²) in [6.07, 6.45) is 5.19. The van der Waals surface area contributed by atoms with Gasteiger partial charge >= 0.3 is 0 Å². The normalized spacial score (nSPS) is 23.4. The van der Waals surface area contributed by atoms with Crippen molar-refractivity contribution in [2.24, 2.45) is 5.92 Å². The molecule has 0 amide bonds. The molecule has 0 radical (unpaired) electrons. The van der Waals surface area contributed by atoms with E-state index in [0.29, 0.717) is 11.5 Å². The number of nitrogens with one attached hydrogen (secondary N) is 1. The molecule has 6 heteroatoms. The average Bonchev–Trinajstić information content (AvgIpc) is 2.69. The Bertz CT molecular complexity index is 533. The number of hydrogen-bond donors (Lipinski definition) is 1. The molecule has 2 heterocycles. The lowest BCUT2D eigenvalue weighted by Crippen LogP contribution is -2.38. The Morgan fingerprint density at radius 3 is 2.89 bits per heavy atom. The number of nitrogens with zero attached hydrogens (tertiary/aromatic N) is 1. The smallest absolute Gasteiger partial charge is 0.150 e. The summed E-state index contributed by atoms with van der Waals surface area (Å²) in [5, 5.41) is 3.42. The zero-order valence-electron chi connectivity index (χ0n) is 11.0. The third kappa shape index (κ3) is 4.26. The zero-order valence-corrected chi connectivity index (χ0v) is 13.4. The monoisotopic (exact) mass is 346 g/mol. The highest BCUT2D eigenvalue weighted by Gasteiger charge is 2.33. The molecule has 2 atom stereocenters. The van der Waals surface area contributed by atoms with E-state index in [-0.39, 0.29) is 12.0 Å². The van der Waals surface area contributed by atoms with Crippen LogP contribution in [0.2, 0.25) is 0 Å². The van der Waals surface area contributed by atoms with Crippen molar-refractivity contribution in [3.63, 3.8) is 0 Å². The molecule has 1 saturated heterocycles. The van der Waals surface area contributed by atoms with Gasteiger partial charge in [-0.05, 0) is 52.9 Å². The molecule has 2 rings (SSSR count). The Kier molecular flexibility index (Phi) is 4.97. The lowest BCUT2D eigenvalue weighted by molar-refractivity contribution is 0.386. The summed E-state index contributed by atoms with van der Waals surface area (Å²) in [7, 11) is -2.82. The van der Waals surface area contributed by atoms with Crippen molar-refractivity contribution in [1.82, 2.24) is 10.3 Å². The molecule has 106 valence electrons. The average molecular weight is 347 g/mol. The maximum Gasteiger partial charge on any atom is 0.150 e.